The molecule has 0 amide bonds. The van der Waals surface area contributed by atoms with Gasteiger partial charge in [0.15, 0.2) is 0 Å². The van der Waals surface area contributed by atoms with Crippen molar-refractivity contribution in [3.63, 3.8) is 0 Å². The van der Waals surface area contributed by atoms with E-state index in [-0.39, 0.29) is 104 Å². The summed E-state index contributed by atoms with van der Waals surface area (Å²) in [6, 6.07) is 14.1. The van der Waals surface area contributed by atoms with Crippen molar-refractivity contribution in [2.24, 2.45) is 0 Å². The molecule has 0 radical (unpaired) electrons. The minimum Gasteiger partial charge on any atom is -0.457 e. The lowest BCUT2D eigenvalue weighted by atomic mass is 9.85. The van der Waals surface area contributed by atoms with Crippen LogP contribution in [-0.2, 0) is 98.1 Å². The molecular formula is C61H64N4O14S2. The molecule has 424 valence electrons. The highest BCUT2D eigenvalue weighted by molar-refractivity contribution is 8.76. The second-order valence-electron chi connectivity index (χ2n) is 20.6. The molecule has 8 heterocycles. The van der Waals surface area contributed by atoms with Gasteiger partial charge in [0.2, 0.25) is 11.2 Å². The van der Waals surface area contributed by atoms with E-state index in [1.54, 1.807) is 72.4 Å². The van der Waals surface area contributed by atoms with Gasteiger partial charge >= 0.3 is 35.8 Å². The second-order valence-corrected chi connectivity index (χ2v) is 23.3. The number of unbranched alkanes of at least 4 members (excludes halogenated alkanes) is 2. The van der Waals surface area contributed by atoms with Gasteiger partial charge < -0.3 is 37.6 Å². The van der Waals surface area contributed by atoms with E-state index < -0.39 is 35.1 Å². The predicted molar refractivity (Wildman–Crippen MR) is 305 cm³/mol. The Kier molecular flexibility index (Phi) is 16.6. The minimum atomic E-state index is -1.85. The average molecular weight is 1140 g/mol. The van der Waals surface area contributed by atoms with Gasteiger partial charge in [0.25, 0.3) is 11.1 Å². The zero-order chi connectivity index (χ0) is 57.3. The van der Waals surface area contributed by atoms with Crippen LogP contribution in [0, 0.1) is 0 Å². The number of carbonyl (C=O) groups excluding carboxylic acids is 6. The van der Waals surface area contributed by atoms with Gasteiger partial charge in [-0.05, 0) is 105 Å². The third-order valence-corrected chi connectivity index (χ3v) is 18.4. The number of hydrogen-bond acceptors (Lipinski definition) is 18. The fraction of sp³-hybridized carbons (Fsp3) is 0.443. The van der Waals surface area contributed by atoms with E-state index in [9.17, 15) is 38.4 Å². The first-order chi connectivity index (χ1) is 39.1. The Morgan fingerprint density at radius 2 is 1.00 bits per heavy atom. The van der Waals surface area contributed by atoms with E-state index in [0.717, 1.165) is 52.3 Å². The van der Waals surface area contributed by atoms with Gasteiger partial charge in [-0.2, -0.15) is 0 Å². The Morgan fingerprint density at radius 1 is 0.556 bits per heavy atom. The van der Waals surface area contributed by atoms with Crippen LogP contribution < -0.4 is 20.6 Å². The molecule has 18 nitrogen and oxygen atoms in total. The average Bonchev–Trinajstić information content (AvgIpc) is 2.87. The van der Waals surface area contributed by atoms with E-state index in [4.69, 9.17) is 38.4 Å². The number of hydrogen-bond donors (Lipinski definition) is 0. The van der Waals surface area contributed by atoms with Gasteiger partial charge in [0.1, 0.15) is 24.7 Å². The van der Waals surface area contributed by atoms with Gasteiger partial charge in [-0.1, -0.05) is 76.0 Å². The van der Waals surface area contributed by atoms with Crippen LogP contribution in [0.15, 0.2) is 58.1 Å². The number of aryl methyl sites for hydroxylation is 2. The highest BCUT2D eigenvalue weighted by Crippen LogP contribution is 2.45. The molecule has 0 fully saturated rings. The molecule has 4 aliphatic heterocycles. The number of esters is 6. The molecule has 2 atom stereocenters. The van der Waals surface area contributed by atoms with Crippen LogP contribution in [0.5, 0.6) is 11.5 Å². The third kappa shape index (κ3) is 10.4. The summed E-state index contributed by atoms with van der Waals surface area (Å²) in [4.78, 5) is 118. The van der Waals surface area contributed by atoms with Crippen LogP contribution in [0.2, 0.25) is 0 Å². The maximum absolute atomic E-state index is 14.3. The van der Waals surface area contributed by atoms with Gasteiger partial charge in [0, 0.05) is 70.2 Å². The molecule has 4 aliphatic rings. The Balaban J connectivity index is 0.754. The molecule has 0 saturated carbocycles. The molecule has 0 saturated heterocycles. The summed E-state index contributed by atoms with van der Waals surface area (Å²) in [7, 11) is 3.01. The number of ether oxygens (including phenoxy) is 6. The molecular weight excluding hydrogens is 1080 g/mol. The van der Waals surface area contributed by atoms with Gasteiger partial charge in [-0.15, -0.1) is 0 Å². The van der Waals surface area contributed by atoms with Gasteiger partial charge in [-0.3, -0.25) is 28.8 Å². The zero-order valence-corrected chi connectivity index (χ0v) is 48.0. The second kappa shape index (κ2) is 23.6. The summed E-state index contributed by atoms with van der Waals surface area (Å²) in [6.45, 7) is 11.2. The van der Waals surface area contributed by atoms with Gasteiger partial charge in [0.05, 0.1) is 58.0 Å². The molecule has 20 heteroatoms. The summed E-state index contributed by atoms with van der Waals surface area (Å²) in [5, 5.41) is 1.63. The number of fused-ring (bicyclic) bond motifs is 10. The lowest BCUT2D eigenvalue weighted by Gasteiger charge is -2.35. The predicted octanol–water partition coefficient (Wildman–Crippen LogP) is 10.1. The van der Waals surface area contributed by atoms with E-state index in [2.05, 4.69) is 6.92 Å². The van der Waals surface area contributed by atoms with Crippen LogP contribution in [0.1, 0.15) is 157 Å². The maximum Gasteiger partial charge on any atom is 0.355 e. The van der Waals surface area contributed by atoms with E-state index in [1.807, 2.05) is 19.9 Å². The minimum absolute atomic E-state index is 0.0134. The molecule has 2 aromatic carbocycles. The Bertz CT molecular complexity index is 3720. The van der Waals surface area contributed by atoms with Crippen LogP contribution in [-0.4, -0.2) is 66.4 Å². The smallest absolute Gasteiger partial charge is 0.355 e. The van der Waals surface area contributed by atoms with E-state index >= 15 is 0 Å². The van der Waals surface area contributed by atoms with Crippen molar-refractivity contribution in [3.05, 3.63) is 114 Å². The largest absolute Gasteiger partial charge is 0.457 e. The van der Waals surface area contributed by atoms with Crippen molar-refractivity contribution in [1.82, 2.24) is 19.1 Å². The first-order valence-corrected chi connectivity index (χ1v) is 30.5. The van der Waals surface area contributed by atoms with E-state index in [0.29, 0.717) is 88.9 Å². The SMILES string of the molecule is CCCCCC(=O)Oc1ccc2nc3c(c(CC)c2c1)Cn1c-3cc2c(c1=O)COC(=O)[C@@]2(CC)OC(=O)CCCSSCCCC(=O)O[C@@]1(CC)C(=O)OCc2c1cc1n(c2=O)Cc2c-1nc1ccc(OC(=O)CC)cc1c2CC. The Hall–Kier alpha value is -7.32. The standard InChI is InChI=1S/C61H64N4O14S2/c1-7-13-14-17-51(67)77-35-21-23-47-39(27-35)37(9-3)41-31-65-49(55(41)63-47)29-45-43(57(65)71)33-75-59(73)61(45,12-6)79-53(69)19-16-25-81-80-24-15-18-52(68)78-60(11-5)44-28-48-54-40(30-64(48)56(70)42(44)32-74-58(60)72)36(8-2)38-26-34(76-50(66)10-4)20-22-46(38)62-54/h20-23,26-29H,7-19,24-25,30-33H2,1-6H3/t60-,61+/m1/s1. The Labute approximate surface area is 475 Å². The summed E-state index contributed by atoms with van der Waals surface area (Å²) in [6.07, 6.45) is 5.32. The molecule has 81 heavy (non-hydrogen) atoms. The molecule has 10 rings (SSSR count). The van der Waals surface area contributed by atoms with Crippen LogP contribution in [0.3, 0.4) is 0 Å². The number of pyridine rings is 4. The van der Waals surface area contributed by atoms with Crippen molar-refractivity contribution >= 4 is 79.2 Å². The van der Waals surface area contributed by atoms with Crippen molar-refractivity contribution in [3.8, 4) is 34.3 Å². The fourth-order valence-corrected chi connectivity index (χ4v) is 13.8. The first kappa shape index (κ1) is 56.9. The Morgan fingerprint density at radius 3 is 1.42 bits per heavy atom. The maximum atomic E-state index is 14.3. The molecule has 0 N–H and O–H groups in total. The van der Waals surface area contributed by atoms with Crippen molar-refractivity contribution < 1.29 is 57.2 Å². The fourth-order valence-electron chi connectivity index (χ4n) is 11.6. The quantitative estimate of drug-likeness (QED) is 0.0202. The number of benzene rings is 2. The van der Waals surface area contributed by atoms with Crippen molar-refractivity contribution in [2.75, 3.05) is 11.5 Å². The van der Waals surface area contributed by atoms with Crippen LogP contribution >= 0.6 is 21.6 Å². The monoisotopic (exact) mass is 1140 g/mol. The lowest BCUT2D eigenvalue weighted by molar-refractivity contribution is -0.189. The number of cyclic esters (lactones) is 2. The molecule has 0 bridgehead atoms. The summed E-state index contributed by atoms with van der Waals surface area (Å²) in [5.74, 6) is -1.48. The van der Waals surface area contributed by atoms with Crippen LogP contribution in [0.25, 0.3) is 44.6 Å². The molecule has 6 aromatic rings. The molecule has 0 unspecified atom stereocenters. The van der Waals surface area contributed by atoms with E-state index in [1.165, 1.54) is 21.6 Å². The van der Waals surface area contributed by atoms with Crippen LogP contribution in [0.4, 0.5) is 0 Å². The third-order valence-electron chi connectivity index (χ3n) is 15.8. The number of carbonyl (C=O) groups is 6. The number of rotatable bonds is 22. The van der Waals surface area contributed by atoms with Crippen molar-refractivity contribution in [1.29, 1.82) is 0 Å². The number of aromatic nitrogens is 4. The van der Waals surface area contributed by atoms with Gasteiger partial charge in [-0.25, -0.2) is 19.6 Å². The summed E-state index contributed by atoms with van der Waals surface area (Å²) < 4.78 is 37.7. The summed E-state index contributed by atoms with van der Waals surface area (Å²) in [5.41, 5.74) is 3.74. The molecule has 4 aromatic heterocycles. The zero-order valence-electron chi connectivity index (χ0n) is 46.4. The highest BCUT2D eigenvalue weighted by Gasteiger charge is 2.52. The lowest BCUT2D eigenvalue weighted by Crippen LogP contribution is -2.47. The van der Waals surface area contributed by atoms with Crippen molar-refractivity contribution in [2.45, 2.75) is 163 Å². The normalized spacial score (nSPS) is 17.3. The molecule has 0 aliphatic carbocycles. The molecule has 0 spiro atoms. The number of nitrogens with zero attached hydrogens (tertiary/aromatic N) is 4. The first-order valence-electron chi connectivity index (χ1n) is 28.0. The topological polar surface area (TPSA) is 228 Å². The summed E-state index contributed by atoms with van der Waals surface area (Å²) >= 11 is 0. The highest BCUT2D eigenvalue weighted by atomic mass is 33.1.